The van der Waals surface area contributed by atoms with Crippen molar-refractivity contribution in [3.8, 4) is 18.1 Å². The van der Waals surface area contributed by atoms with Crippen LogP contribution in [0.2, 0.25) is 0 Å². The first kappa shape index (κ1) is 21.6. The molecule has 0 radical (unpaired) electrons. The average Bonchev–Trinajstić information content (AvgIpc) is 2.67. The topological polar surface area (TPSA) is 67.9 Å². The summed E-state index contributed by atoms with van der Waals surface area (Å²) in [5.41, 5.74) is -0.558. The van der Waals surface area contributed by atoms with Crippen LogP contribution in [0.25, 0.3) is 0 Å². The fourth-order valence-electron chi connectivity index (χ4n) is 2.32. The standard InChI is InChI=1S/C20H17F3N2O4/c1-3-11-28-18(26)24-15-8-6-10-17(13-15)29-19(27)25(4-2)16-9-5-7-14(12-16)20(21,22)23/h1,5-10,12-13H,4,11H2,2H3,(H,24,26). The number of terminal acetylenes is 1. The van der Waals surface area contributed by atoms with Crippen LogP contribution in [0.15, 0.2) is 48.5 Å². The average molecular weight is 406 g/mol. The van der Waals surface area contributed by atoms with E-state index in [1.165, 1.54) is 36.4 Å². The second-order valence-electron chi connectivity index (χ2n) is 5.59. The van der Waals surface area contributed by atoms with Crippen molar-refractivity contribution in [2.45, 2.75) is 13.1 Å². The summed E-state index contributed by atoms with van der Waals surface area (Å²) in [5, 5.41) is 2.40. The Balaban J connectivity index is 2.13. The first-order valence-electron chi connectivity index (χ1n) is 8.38. The molecule has 0 heterocycles. The molecule has 0 fully saturated rings. The highest BCUT2D eigenvalue weighted by Gasteiger charge is 2.31. The number of anilines is 2. The molecule has 0 aromatic heterocycles. The van der Waals surface area contributed by atoms with Crippen LogP contribution in [0, 0.1) is 12.3 Å². The van der Waals surface area contributed by atoms with E-state index in [1.807, 2.05) is 0 Å². The van der Waals surface area contributed by atoms with Gasteiger partial charge in [-0.3, -0.25) is 10.2 Å². The molecule has 2 aromatic rings. The van der Waals surface area contributed by atoms with Gasteiger partial charge in [-0.05, 0) is 37.3 Å². The monoisotopic (exact) mass is 406 g/mol. The summed E-state index contributed by atoms with van der Waals surface area (Å²) in [4.78, 5) is 25.0. The highest BCUT2D eigenvalue weighted by atomic mass is 19.4. The molecule has 1 N–H and O–H groups in total. The Morgan fingerprint density at radius 2 is 1.90 bits per heavy atom. The second-order valence-corrected chi connectivity index (χ2v) is 5.59. The lowest BCUT2D eigenvalue weighted by molar-refractivity contribution is -0.137. The molecular formula is C20H17F3N2O4. The molecule has 0 saturated heterocycles. The number of alkyl halides is 3. The van der Waals surface area contributed by atoms with Crippen LogP contribution < -0.4 is 15.0 Å². The van der Waals surface area contributed by atoms with Crippen molar-refractivity contribution in [1.82, 2.24) is 0 Å². The number of rotatable bonds is 5. The summed E-state index contributed by atoms with van der Waals surface area (Å²) in [6.45, 7) is 1.47. The molecule has 9 heteroatoms. The molecule has 0 bridgehead atoms. The number of hydrogen-bond acceptors (Lipinski definition) is 4. The van der Waals surface area contributed by atoms with E-state index in [0.29, 0.717) is 0 Å². The highest BCUT2D eigenvalue weighted by molar-refractivity contribution is 5.90. The molecule has 29 heavy (non-hydrogen) atoms. The van der Waals surface area contributed by atoms with Crippen LogP contribution in [-0.2, 0) is 10.9 Å². The van der Waals surface area contributed by atoms with Gasteiger partial charge in [0.2, 0.25) is 0 Å². The summed E-state index contributed by atoms with van der Waals surface area (Å²) >= 11 is 0. The van der Waals surface area contributed by atoms with Crippen molar-refractivity contribution in [1.29, 1.82) is 0 Å². The van der Waals surface area contributed by atoms with Crippen LogP contribution in [0.4, 0.5) is 34.1 Å². The highest BCUT2D eigenvalue weighted by Crippen LogP contribution is 2.32. The number of amides is 2. The maximum atomic E-state index is 12.9. The first-order chi connectivity index (χ1) is 13.7. The lowest BCUT2D eigenvalue weighted by Crippen LogP contribution is -2.33. The van der Waals surface area contributed by atoms with E-state index in [-0.39, 0.29) is 30.3 Å². The zero-order chi connectivity index (χ0) is 21.4. The Labute approximate surface area is 165 Å². The molecule has 0 unspecified atom stereocenters. The lowest BCUT2D eigenvalue weighted by Gasteiger charge is -2.21. The van der Waals surface area contributed by atoms with Crippen molar-refractivity contribution in [3.05, 3.63) is 54.1 Å². The van der Waals surface area contributed by atoms with E-state index in [4.69, 9.17) is 11.2 Å². The molecule has 0 spiro atoms. The van der Waals surface area contributed by atoms with E-state index in [2.05, 4.69) is 16.0 Å². The summed E-state index contributed by atoms with van der Waals surface area (Å²) in [5.74, 6) is 2.22. The van der Waals surface area contributed by atoms with E-state index in [1.54, 1.807) is 6.92 Å². The molecule has 0 aliphatic rings. The number of carbonyl (C=O) groups excluding carboxylic acids is 2. The summed E-state index contributed by atoms with van der Waals surface area (Å²) in [6.07, 6.45) is -1.20. The van der Waals surface area contributed by atoms with Crippen molar-refractivity contribution in [3.63, 3.8) is 0 Å². The number of nitrogens with zero attached hydrogens (tertiary/aromatic N) is 1. The summed E-state index contributed by atoms with van der Waals surface area (Å²) < 4.78 is 48.7. The van der Waals surface area contributed by atoms with Gasteiger partial charge in [-0.2, -0.15) is 13.2 Å². The molecule has 6 nitrogen and oxygen atoms in total. The van der Waals surface area contributed by atoms with Gasteiger partial charge in [0.25, 0.3) is 0 Å². The number of carbonyl (C=O) groups is 2. The Morgan fingerprint density at radius 3 is 2.55 bits per heavy atom. The maximum Gasteiger partial charge on any atom is 0.419 e. The van der Waals surface area contributed by atoms with Gasteiger partial charge in [-0.25, -0.2) is 9.59 Å². The van der Waals surface area contributed by atoms with E-state index < -0.39 is 23.9 Å². The molecule has 152 valence electrons. The number of nitrogens with one attached hydrogen (secondary N) is 1. The van der Waals surface area contributed by atoms with Crippen molar-refractivity contribution < 1.29 is 32.2 Å². The van der Waals surface area contributed by atoms with Crippen molar-refractivity contribution in [2.75, 3.05) is 23.4 Å². The predicted molar refractivity (Wildman–Crippen MR) is 101 cm³/mol. The van der Waals surface area contributed by atoms with Gasteiger partial charge in [-0.1, -0.05) is 18.1 Å². The first-order valence-corrected chi connectivity index (χ1v) is 8.38. The lowest BCUT2D eigenvalue weighted by atomic mass is 10.2. The number of benzene rings is 2. The van der Waals surface area contributed by atoms with Gasteiger partial charge in [0.15, 0.2) is 6.61 Å². The number of ether oxygens (including phenoxy) is 2. The van der Waals surface area contributed by atoms with Gasteiger partial charge in [0.05, 0.1) is 5.56 Å². The van der Waals surface area contributed by atoms with Crippen LogP contribution in [0.3, 0.4) is 0 Å². The normalized spacial score (nSPS) is 10.6. The zero-order valence-electron chi connectivity index (χ0n) is 15.3. The Morgan fingerprint density at radius 1 is 1.17 bits per heavy atom. The number of hydrogen-bond donors (Lipinski definition) is 1. The molecule has 0 atom stereocenters. The zero-order valence-corrected chi connectivity index (χ0v) is 15.3. The maximum absolute atomic E-state index is 12.9. The van der Waals surface area contributed by atoms with Crippen LogP contribution in [0.1, 0.15) is 12.5 Å². The quantitative estimate of drug-likeness (QED) is 0.717. The summed E-state index contributed by atoms with van der Waals surface area (Å²) in [6, 6.07) is 10.2. The van der Waals surface area contributed by atoms with Gasteiger partial charge >= 0.3 is 18.4 Å². The minimum atomic E-state index is -4.53. The van der Waals surface area contributed by atoms with Gasteiger partial charge < -0.3 is 9.47 Å². The Hall–Kier alpha value is -3.67. The SMILES string of the molecule is C#CCOC(=O)Nc1cccc(OC(=O)N(CC)c2cccc(C(F)(F)F)c2)c1. The second kappa shape index (κ2) is 9.50. The third kappa shape index (κ3) is 6.17. The Kier molecular flexibility index (Phi) is 7.09. The molecule has 2 aromatic carbocycles. The minimum Gasteiger partial charge on any atom is -0.436 e. The fraction of sp³-hybridized carbons (Fsp3) is 0.200. The van der Waals surface area contributed by atoms with E-state index >= 15 is 0 Å². The van der Waals surface area contributed by atoms with Gasteiger partial charge in [0.1, 0.15) is 5.75 Å². The molecule has 2 rings (SSSR count). The van der Waals surface area contributed by atoms with Gasteiger partial charge in [-0.15, -0.1) is 6.42 Å². The Bertz CT molecular complexity index is 922. The molecule has 0 aliphatic carbocycles. The minimum absolute atomic E-state index is 0.0412. The molecular weight excluding hydrogens is 389 g/mol. The van der Waals surface area contributed by atoms with Crippen LogP contribution in [0.5, 0.6) is 5.75 Å². The van der Waals surface area contributed by atoms with E-state index in [9.17, 15) is 22.8 Å². The predicted octanol–water partition coefficient (Wildman–Crippen LogP) is 4.91. The molecule has 0 aliphatic heterocycles. The van der Waals surface area contributed by atoms with Crippen molar-refractivity contribution >= 4 is 23.6 Å². The number of halogens is 3. The third-order valence-electron chi connectivity index (χ3n) is 3.59. The fourth-order valence-corrected chi connectivity index (χ4v) is 2.32. The third-order valence-corrected chi connectivity index (χ3v) is 3.59. The van der Waals surface area contributed by atoms with Gasteiger partial charge in [0, 0.05) is 24.0 Å². The summed E-state index contributed by atoms with van der Waals surface area (Å²) in [7, 11) is 0. The smallest absolute Gasteiger partial charge is 0.419 e. The van der Waals surface area contributed by atoms with Crippen LogP contribution >= 0.6 is 0 Å². The van der Waals surface area contributed by atoms with Crippen molar-refractivity contribution in [2.24, 2.45) is 0 Å². The van der Waals surface area contributed by atoms with E-state index in [0.717, 1.165) is 17.0 Å². The largest absolute Gasteiger partial charge is 0.436 e. The molecule has 2 amide bonds. The molecule has 0 saturated carbocycles. The van der Waals surface area contributed by atoms with Crippen LogP contribution in [-0.4, -0.2) is 25.3 Å².